The van der Waals surface area contributed by atoms with Crippen LogP contribution in [0.1, 0.15) is 26.6 Å². The van der Waals surface area contributed by atoms with Crippen molar-refractivity contribution in [1.82, 2.24) is 9.97 Å². The number of nitrogens with zero attached hydrogens (tertiary/aromatic N) is 2. The summed E-state index contributed by atoms with van der Waals surface area (Å²) in [4.78, 5) is 9.07. The van der Waals surface area contributed by atoms with Gasteiger partial charge in [-0.25, -0.2) is 9.97 Å². The Morgan fingerprint density at radius 1 is 1.00 bits per heavy atom. The highest BCUT2D eigenvalue weighted by atomic mass is 35.5. The van der Waals surface area contributed by atoms with Crippen molar-refractivity contribution >= 4 is 28.9 Å². The van der Waals surface area contributed by atoms with Crippen molar-refractivity contribution < 1.29 is 0 Å². The first-order valence-corrected chi connectivity index (χ1v) is 6.86. The topological polar surface area (TPSA) is 49.8 Å². The molecule has 2 aromatic rings. The van der Waals surface area contributed by atoms with E-state index in [4.69, 9.17) is 11.6 Å². The van der Waals surface area contributed by atoms with Crippen LogP contribution in [0.4, 0.5) is 17.3 Å². The minimum Gasteiger partial charge on any atom is -0.373 e. The molecule has 0 fully saturated rings. The van der Waals surface area contributed by atoms with Crippen LogP contribution in [-0.4, -0.2) is 17.0 Å². The molecule has 0 unspecified atom stereocenters. The molecule has 0 saturated heterocycles. The maximum atomic E-state index is 5.88. The predicted octanol–water partition coefficient (Wildman–Crippen LogP) is 4.21. The second-order valence-corrected chi connectivity index (χ2v) is 6.03. The Morgan fingerprint density at radius 3 is 2.15 bits per heavy atom. The highest BCUT2D eigenvalue weighted by molar-refractivity contribution is 6.30. The number of anilines is 3. The Bertz CT molecular complexity index is 588. The first-order valence-electron chi connectivity index (χ1n) is 6.48. The molecule has 0 spiro atoms. The Labute approximate surface area is 124 Å². The van der Waals surface area contributed by atoms with Crippen molar-refractivity contribution in [2.24, 2.45) is 0 Å². The van der Waals surface area contributed by atoms with Gasteiger partial charge in [0.1, 0.15) is 17.5 Å². The number of hydrogen-bond acceptors (Lipinski definition) is 4. The van der Waals surface area contributed by atoms with Crippen LogP contribution in [0.5, 0.6) is 0 Å². The normalized spacial score (nSPS) is 11.2. The molecule has 0 radical (unpaired) electrons. The smallest absolute Gasteiger partial charge is 0.138 e. The number of benzene rings is 1. The van der Waals surface area contributed by atoms with Gasteiger partial charge < -0.3 is 10.6 Å². The van der Waals surface area contributed by atoms with Gasteiger partial charge in [-0.1, -0.05) is 32.4 Å². The quantitative estimate of drug-likeness (QED) is 0.889. The fourth-order valence-corrected chi connectivity index (χ4v) is 1.78. The van der Waals surface area contributed by atoms with Crippen molar-refractivity contribution in [2.75, 3.05) is 17.7 Å². The molecule has 1 aromatic carbocycles. The summed E-state index contributed by atoms with van der Waals surface area (Å²) in [6.45, 7) is 6.27. The molecule has 2 rings (SSSR count). The van der Waals surface area contributed by atoms with E-state index >= 15 is 0 Å². The fraction of sp³-hybridized carbons (Fsp3) is 0.333. The number of hydrogen-bond donors (Lipinski definition) is 2. The van der Waals surface area contributed by atoms with E-state index in [1.807, 2.05) is 37.4 Å². The van der Waals surface area contributed by atoms with E-state index in [1.54, 1.807) is 0 Å². The molecule has 0 aliphatic heterocycles. The van der Waals surface area contributed by atoms with Gasteiger partial charge in [-0.3, -0.25) is 0 Å². The number of aromatic nitrogens is 2. The standard InChI is InChI=1S/C15H19ClN4/c1-15(2,3)14-19-12(17-4)9-13(20-14)18-11-7-5-10(16)6-8-11/h5-9H,1-4H3,(H2,17,18,19,20). The third-order valence-corrected chi connectivity index (χ3v) is 3.02. The second kappa shape index (κ2) is 5.67. The van der Waals surface area contributed by atoms with Crippen molar-refractivity contribution in [3.8, 4) is 0 Å². The second-order valence-electron chi connectivity index (χ2n) is 5.59. The molecule has 0 saturated carbocycles. The Balaban J connectivity index is 2.33. The Morgan fingerprint density at radius 2 is 1.60 bits per heavy atom. The molecule has 0 atom stereocenters. The van der Waals surface area contributed by atoms with E-state index < -0.39 is 0 Å². The summed E-state index contributed by atoms with van der Waals surface area (Å²) in [5.74, 6) is 2.35. The Kier molecular flexibility index (Phi) is 4.14. The van der Waals surface area contributed by atoms with Gasteiger partial charge in [0.25, 0.3) is 0 Å². The SMILES string of the molecule is CNc1cc(Nc2ccc(Cl)cc2)nc(C(C)(C)C)n1. The first-order chi connectivity index (χ1) is 9.38. The van der Waals surface area contributed by atoms with Crippen LogP contribution >= 0.6 is 11.6 Å². The summed E-state index contributed by atoms with van der Waals surface area (Å²) in [5.41, 5.74) is 0.832. The van der Waals surface area contributed by atoms with Crippen molar-refractivity contribution in [2.45, 2.75) is 26.2 Å². The molecule has 0 bridgehead atoms. The lowest BCUT2D eigenvalue weighted by atomic mass is 9.96. The van der Waals surface area contributed by atoms with E-state index in [0.717, 1.165) is 23.1 Å². The van der Waals surface area contributed by atoms with Crippen LogP contribution in [0, 0.1) is 0 Å². The molecule has 1 heterocycles. The van der Waals surface area contributed by atoms with Crippen LogP contribution in [0.3, 0.4) is 0 Å². The summed E-state index contributed by atoms with van der Waals surface area (Å²) in [7, 11) is 1.85. The van der Waals surface area contributed by atoms with E-state index in [9.17, 15) is 0 Å². The monoisotopic (exact) mass is 290 g/mol. The molecule has 2 N–H and O–H groups in total. The average molecular weight is 291 g/mol. The molecule has 4 nitrogen and oxygen atoms in total. The molecule has 0 aliphatic rings. The minimum atomic E-state index is -0.108. The maximum Gasteiger partial charge on any atom is 0.138 e. The lowest BCUT2D eigenvalue weighted by molar-refractivity contribution is 0.547. The molecular formula is C15H19ClN4. The van der Waals surface area contributed by atoms with Gasteiger partial charge in [-0.2, -0.15) is 0 Å². The van der Waals surface area contributed by atoms with Crippen LogP contribution < -0.4 is 10.6 Å². The zero-order valence-electron chi connectivity index (χ0n) is 12.2. The molecule has 20 heavy (non-hydrogen) atoms. The van der Waals surface area contributed by atoms with Gasteiger partial charge in [-0.05, 0) is 24.3 Å². The van der Waals surface area contributed by atoms with Gasteiger partial charge in [0, 0.05) is 29.2 Å². The van der Waals surface area contributed by atoms with Gasteiger partial charge in [0.05, 0.1) is 0 Å². The lowest BCUT2D eigenvalue weighted by Crippen LogP contribution is -2.17. The van der Waals surface area contributed by atoms with Gasteiger partial charge in [-0.15, -0.1) is 0 Å². The number of halogens is 1. The summed E-state index contributed by atoms with van der Waals surface area (Å²) in [6, 6.07) is 9.40. The van der Waals surface area contributed by atoms with Crippen molar-refractivity contribution in [3.05, 3.63) is 41.2 Å². The summed E-state index contributed by atoms with van der Waals surface area (Å²) >= 11 is 5.88. The van der Waals surface area contributed by atoms with Crippen LogP contribution in [0.25, 0.3) is 0 Å². The van der Waals surface area contributed by atoms with Crippen molar-refractivity contribution in [3.63, 3.8) is 0 Å². The summed E-state index contributed by atoms with van der Waals surface area (Å²) < 4.78 is 0. The molecule has 5 heteroatoms. The van der Waals surface area contributed by atoms with E-state index in [0.29, 0.717) is 5.02 Å². The third kappa shape index (κ3) is 3.61. The average Bonchev–Trinajstić information content (AvgIpc) is 2.40. The molecule has 106 valence electrons. The number of nitrogens with one attached hydrogen (secondary N) is 2. The highest BCUT2D eigenvalue weighted by Gasteiger charge is 2.19. The molecule has 0 amide bonds. The minimum absolute atomic E-state index is 0.108. The summed E-state index contributed by atoms with van der Waals surface area (Å²) in [5, 5.41) is 7.04. The third-order valence-electron chi connectivity index (χ3n) is 2.77. The highest BCUT2D eigenvalue weighted by Crippen LogP contribution is 2.24. The first kappa shape index (κ1) is 14.6. The molecule has 1 aromatic heterocycles. The molecule has 0 aliphatic carbocycles. The summed E-state index contributed by atoms with van der Waals surface area (Å²) in [6.07, 6.45) is 0. The maximum absolute atomic E-state index is 5.88. The van der Waals surface area contributed by atoms with Crippen LogP contribution in [0.2, 0.25) is 5.02 Å². The number of rotatable bonds is 3. The lowest BCUT2D eigenvalue weighted by Gasteiger charge is -2.19. The zero-order valence-corrected chi connectivity index (χ0v) is 12.9. The fourth-order valence-electron chi connectivity index (χ4n) is 1.66. The van der Waals surface area contributed by atoms with Crippen molar-refractivity contribution in [1.29, 1.82) is 0 Å². The van der Waals surface area contributed by atoms with Gasteiger partial charge in [0.15, 0.2) is 0 Å². The largest absolute Gasteiger partial charge is 0.373 e. The van der Waals surface area contributed by atoms with Gasteiger partial charge in [0.2, 0.25) is 0 Å². The predicted molar refractivity (Wildman–Crippen MR) is 85.0 cm³/mol. The van der Waals surface area contributed by atoms with E-state index in [-0.39, 0.29) is 5.41 Å². The van der Waals surface area contributed by atoms with Crippen LogP contribution in [0.15, 0.2) is 30.3 Å². The van der Waals surface area contributed by atoms with Crippen LogP contribution in [-0.2, 0) is 5.41 Å². The Hall–Kier alpha value is -1.81. The zero-order chi connectivity index (χ0) is 14.8. The van der Waals surface area contributed by atoms with Gasteiger partial charge >= 0.3 is 0 Å². The molecular weight excluding hydrogens is 272 g/mol. The van der Waals surface area contributed by atoms with E-state index in [2.05, 4.69) is 41.4 Å². The van der Waals surface area contributed by atoms with E-state index in [1.165, 1.54) is 0 Å².